The minimum absolute atomic E-state index is 0.164. The average Bonchev–Trinajstić information content (AvgIpc) is 2.29. The van der Waals surface area contributed by atoms with Crippen molar-refractivity contribution in [1.82, 2.24) is 5.32 Å². The third-order valence-electron chi connectivity index (χ3n) is 2.34. The first-order valence-corrected chi connectivity index (χ1v) is 5.49. The molecule has 1 unspecified atom stereocenters. The molecule has 0 saturated carbocycles. The average molecular weight is 257 g/mol. The topological polar surface area (TPSA) is 78.8 Å². The van der Waals surface area contributed by atoms with Crippen molar-refractivity contribution in [3.8, 4) is 5.75 Å². The van der Waals surface area contributed by atoms with E-state index in [9.17, 15) is 19.4 Å². The van der Waals surface area contributed by atoms with Gasteiger partial charge in [-0.1, -0.05) is 6.07 Å². The highest BCUT2D eigenvalue weighted by Gasteiger charge is 2.16. The zero-order valence-corrected chi connectivity index (χ0v) is 10.0. The van der Waals surface area contributed by atoms with Crippen LogP contribution in [-0.4, -0.2) is 42.5 Å². The molecule has 100 valence electrons. The molecule has 0 aliphatic carbocycles. The Morgan fingerprint density at radius 1 is 1.56 bits per heavy atom. The van der Waals surface area contributed by atoms with Crippen LogP contribution in [0.3, 0.4) is 0 Å². The summed E-state index contributed by atoms with van der Waals surface area (Å²) in [7, 11) is 1.46. The second kappa shape index (κ2) is 6.93. The van der Waals surface area contributed by atoms with Crippen molar-refractivity contribution >= 4 is 5.91 Å². The van der Waals surface area contributed by atoms with Gasteiger partial charge in [0.05, 0.1) is 12.7 Å². The fraction of sp³-hybridized carbons (Fsp3) is 0.417. The summed E-state index contributed by atoms with van der Waals surface area (Å²) in [6.07, 6.45) is -0.404. The first kappa shape index (κ1) is 14.4. The van der Waals surface area contributed by atoms with Crippen LogP contribution < -0.4 is 5.32 Å². The van der Waals surface area contributed by atoms with E-state index in [-0.39, 0.29) is 19.6 Å². The number of methoxy groups -OCH3 is 1. The van der Waals surface area contributed by atoms with E-state index in [1.165, 1.54) is 19.2 Å². The predicted molar refractivity (Wildman–Crippen MR) is 62.9 cm³/mol. The van der Waals surface area contributed by atoms with Crippen molar-refractivity contribution in [1.29, 1.82) is 0 Å². The minimum atomic E-state index is -0.787. The maximum absolute atomic E-state index is 13.3. The molecule has 18 heavy (non-hydrogen) atoms. The molecule has 0 heterocycles. The molecule has 0 radical (unpaired) electrons. The number of nitrogens with one attached hydrogen (secondary N) is 1. The van der Waals surface area contributed by atoms with Crippen LogP contribution in [0.15, 0.2) is 18.2 Å². The number of carbonyl (C=O) groups is 1. The molecular weight excluding hydrogens is 241 g/mol. The molecule has 0 aliphatic heterocycles. The Balaban J connectivity index is 2.51. The van der Waals surface area contributed by atoms with Crippen LogP contribution in [0.2, 0.25) is 0 Å². The van der Waals surface area contributed by atoms with Crippen LogP contribution in [-0.2, 0) is 4.74 Å². The lowest BCUT2D eigenvalue weighted by atomic mass is 10.1. The number of carbonyl (C=O) groups excluding carboxylic acids is 1. The first-order chi connectivity index (χ1) is 8.56. The summed E-state index contributed by atoms with van der Waals surface area (Å²) in [6.45, 7) is 0.331. The molecule has 0 aromatic heterocycles. The summed E-state index contributed by atoms with van der Waals surface area (Å²) in [6, 6.07) is 3.63. The van der Waals surface area contributed by atoms with Crippen molar-refractivity contribution < 1.29 is 24.1 Å². The largest absolute Gasteiger partial charge is 0.507 e. The summed E-state index contributed by atoms with van der Waals surface area (Å²) in [5.41, 5.74) is -0.390. The maximum atomic E-state index is 13.3. The van der Waals surface area contributed by atoms with Crippen LogP contribution in [0, 0.1) is 5.82 Å². The van der Waals surface area contributed by atoms with E-state index in [2.05, 4.69) is 5.32 Å². The highest BCUT2D eigenvalue weighted by molar-refractivity contribution is 5.97. The van der Waals surface area contributed by atoms with Gasteiger partial charge < -0.3 is 20.3 Å². The monoisotopic (exact) mass is 257 g/mol. The van der Waals surface area contributed by atoms with E-state index in [1.807, 2.05) is 0 Å². The molecule has 0 spiro atoms. The van der Waals surface area contributed by atoms with Crippen LogP contribution in [0.1, 0.15) is 16.8 Å². The van der Waals surface area contributed by atoms with Crippen LogP contribution in [0.5, 0.6) is 5.75 Å². The fourth-order valence-corrected chi connectivity index (χ4v) is 1.45. The van der Waals surface area contributed by atoms with Gasteiger partial charge in [-0.15, -0.1) is 0 Å². The predicted octanol–water partition coefficient (Wildman–Crippen LogP) is 0.658. The number of rotatable bonds is 6. The maximum Gasteiger partial charge on any atom is 0.258 e. The second-order valence-corrected chi connectivity index (χ2v) is 3.79. The number of phenolic OH excluding ortho intramolecular Hbond substituents is 1. The fourth-order valence-electron chi connectivity index (χ4n) is 1.45. The van der Waals surface area contributed by atoms with E-state index in [0.29, 0.717) is 0 Å². The molecule has 3 N–H and O–H groups in total. The van der Waals surface area contributed by atoms with E-state index in [1.54, 1.807) is 0 Å². The Bertz CT molecular complexity index is 391. The minimum Gasteiger partial charge on any atom is -0.507 e. The lowest BCUT2D eigenvalue weighted by Crippen LogP contribution is -2.29. The van der Waals surface area contributed by atoms with Gasteiger partial charge in [0.1, 0.15) is 17.1 Å². The van der Waals surface area contributed by atoms with Crippen LogP contribution >= 0.6 is 0 Å². The SMILES string of the molecule is COCC(O)CCNC(=O)c1c(O)cccc1F. The summed E-state index contributed by atoms with van der Waals surface area (Å²) in [5, 5.41) is 21.1. The van der Waals surface area contributed by atoms with Gasteiger partial charge in [0.25, 0.3) is 5.91 Å². The number of halogens is 1. The number of hydrogen-bond acceptors (Lipinski definition) is 4. The highest BCUT2D eigenvalue weighted by atomic mass is 19.1. The number of ether oxygens (including phenoxy) is 1. The standard InChI is InChI=1S/C12H16FNO4/c1-18-7-8(15)5-6-14-12(17)11-9(13)3-2-4-10(11)16/h2-4,8,15-16H,5-7H2,1H3,(H,14,17). The van der Waals surface area contributed by atoms with Crippen LogP contribution in [0.4, 0.5) is 4.39 Å². The Morgan fingerprint density at radius 2 is 2.28 bits per heavy atom. The van der Waals surface area contributed by atoms with Gasteiger partial charge in [0, 0.05) is 13.7 Å². The van der Waals surface area contributed by atoms with E-state index in [4.69, 9.17) is 4.74 Å². The summed E-state index contributed by atoms with van der Waals surface area (Å²) >= 11 is 0. The molecule has 1 aromatic rings. The number of aliphatic hydroxyl groups is 1. The van der Waals surface area contributed by atoms with Crippen molar-refractivity contribution in [2.45, 2.75) is 12.5 Å². The van der Waals surface area contributed by atoms with Crippen molar-refractivity contribution in [2.75, 3.05) is 20.3 Å². The number of phenols is 1. The third-order valence-corrected chi connectivity index (χ3v) is 2.34. The molecule has 0 aliphatic rings. The molecule has 0 fully saturated rings. The Labute approximate surface area is 104 Å². The lowest BCUT2D eigenvalue weighted by molar-refractivity contribution is 0.0587. The number of benzene rings is 1. The summed E-state index contributed by atoms with van der Waals surface area (Å²) in [5.74, 6) is -1.91. The smallest absolute Gasteiger partial charge is 0.258 e. The van der Waals surface area contributed by atoms with Gasteiger partial charge in [0.15, 0.2) is 0 Å². The first-order valence-electron chi connectivity index (χ1n) is 5.49. The quantitative estimate of drug-likeness (QED) is 0.699. The lowest BCUT2D eigenvalue weighted by Gasteiger charge is -2.11. The molecule has 1 amide bonds. The number of aromatic hydroxyl groups is 1. The van der Waals surface area contributed by atoms with Gasteiger partial charge in [-0.2, -0.15) is 0 Å². The molecule has 1 atom stereocenters. The summed E-state index contributed by atoms with van der Waals surface area (Å²) in [4.78, 5) is 11.6. The van der Waals surface area contributed by atoms with Crippen molar-refractivity contribution in [3.05, 3.63) is 29.6 Å². The Kier molecular flexibility index (Phi) is 5.54. The zero-order chi connectivity index (χ0) is 13.5. The van der Waals surface area contributed by atoms with Gasteiger partial charge in [-0.05, 0) is 18.6 Å². The zero-order valence-electron chi connectivity index (χ0n) is 10.0. The number of amides is 1. The number of hydrogen-bond donors (Lipinski definition) is 3. The van der Waals surface area contributed by atoms with Gasteiger partial charge in [0.2, 0.25) is 0 Å². The van der Waals surface area contributed by atoms with Gasteiger partial charge in [-0.25, -0.2) is 4.39 Å². The molecule has 1 rings (SSSR count). The Hall–Kier alpha value is -1.66. The third kappa shape index (κ3) is 3.97. The van der Waals surface area contributed by atoms with E-state index in [0.717, 1.165) is 6.07 Å². The van der Waals surface area contributed by atoms with Crippen LogP contribution in [0.25, 0.3) is 0 Å². The van der Waals surface area contributed by atoms with Crippen molar-refractivity contribution in [2.24, 2.45) is 0 Å². The molecule has 6 heteroatoms. The van der Waals surface area contributed by atoms with E-state index >= 15 is 0 Å². The molecular formula is C12H16FNO4. The Morgan fingerprint density at radius 3 is 2.89 bits per heavy atom. The molecule has 5 nitrogen and oxygen atoms in total. The van der Waals surface area contributed by atoms with Gasteiger partial charge >= 0.3 is 0 Å². The molecule has 1 aromatic carbocycles. The van der Waals surface area contributed by atoms with E-state index < -0.39 is 29.1 Å². The van der Waals surface area contributed by atoms with Crippen molar-refractivity contribution in [3.63, 3.8) is 0 Å². The molecule has 0 bridgehead atoms. The second-order valence-electron chi connectivity index (χ2n) is 3.79. The normalized spacial score (nSPS) is 12.2. The van der Waals surface area contributed by atoms with Gasteiger partial charge in [-0.3, -0.25) is 4.79 Å². The highest BCUT2D eigenvalue weighted by Crippen LogP contribution is 2.19. The molecule has 0 saturated heterocycles. The number of aliphatic hydroxyl groups excluding tert-OH is 1. The summed E-state index contributed by atoms with van der Waals surface area (Å²) < 4.78 is 18.0.